The third-order valence-corrected chi connectivity index (χ3v) is 3.92. The largest absolute Gasteiger partial charge is 0.376 e. The molecule has 116 valence electrons. The second kappa shape index (κ2) is 8.80. The quantitative estimate of drug-likeness (QED) is 0.757. The van der Waals surface area contributed by atoms with Crippen LogP contribution >= 0.6 is 0 Å². The summed E-state index contributed by atoms with van der Waals surface area (Å²) < 4.78 is 5.80. The van der Waals surface area contributed by atoms with Crippen molar-refractivity contribution in [2.24, 2.45) is 5.73 Å². The van der Waals surface area contributed by atoms with Crippen molar-refractivity contribution in [1.82, 2.24) is 5.32 Å². The summed E-state index contributed by atoms with van der Waals surface area (Å²) in [6.07, 6.45) is 7.38. The molecule has 4 nitrogen and oxygen atoms in total. The van der Waals surface area contributed by atoms with E-state index in [1.807, 2.05) is 24.3 Å². The molecule has 0 aromatic heterocycles. The number of hydrogen-bond acceptors (Lipinski definition) is 3. The molecule has 0 bridgehead atoms. The van der Waals surface area contributed by atoms with Crippen LogP contribution in [0.4, 0.5) is 0 Å². The Kier molecular flexibility index (Phi) is 6.70. The number of rotatable bonds is 7. The van der Waals surface area contributed by atoms with Gasteiger partial charge in [0, 0.05) is 12.1 Å². The van der Waals surface area contributed by atoms with Gasteiger partial charge in [0.2, 0.25) is 0 Å². The Balaban J connectivity index is 1.70. The molecule has 4 heteroatoms. The summed E-state index contributed by atoms with van der Waals surface area (Å²) in [6.45, 7) is 1.76. The number of ether oxygens (including phenoxy) is 1. The second-order valence-corrected chi connectivity index (χ2v) is 5.63. The monoisotopic (exact) mass is 290 g/mol. The van der Waals surface area contributed by atoms with E-state index in [4.69, 9.17) is 10.5 Å². The highest BCUT2D eigenvalue weighted by molar-refractivity contribution is 5.94. The maximum absolute atomic E-state index is 12.1. The molecule has 21 heavy (non-hydrogen) atoms. The molecule has 0 aliphatic heterocycles. The van der Waals surface area contributed by atoms with Crippen LogP contribution in [-0.4, -0.2) is 31.7 Å². The van der Waals surface area contributed by atoms with E-state index < -0.39 is 0 Å². The zero-order valence-electron chi connectivity index (χ0n) is 12.6. The first-order valence-corrected chi connectivity index (χ1v) is 7.98. The van der Waals surface area contributed by atoms with Crippen molar-refractivity contribution in [3.63, 3.8) is 0 Å². The Labute approximate surface area is 127 Å². The lowest BCUT2D eigenvalue weighted by Gasteiger charge is -2.22. The first-order chi connectivity index (χ1) is 10.3. The molecule has 0 atom stereocenters. The van der Waals surface area contributed by atoms with E-state index in [9.17, 15) is 4.79 Å². The third-order valence-electron chi connectivity index (χ3n) is 3.92. The van der Waals surface area contributed by atoms with Gasteiger partial charge in [-0.05, 0) is 43.5 Å². The Bertz CT molecular complexity index is 442. The molecular formula is C17H26N2O2. The Morgan fingerprint density at radius 3 is 2.86 bits per heavy atom. The first kappa shape index (κ1) is 16.0. The van der Waals surface area contributed by atoms with Crippen molar-refractivity contribution >= 4 is 5.91 Å². The highest BCUT2D eigenvalue weighted by Gasteiger charge is 2.13. The van der Waals surface area contributed by atoms with Gasteiger partial charge in [0.1, 0.15) is 0 Å². The van der Waals surface area contributed by atoms with E-state index in [0.29, 0.717) is 31.4 Å². The van der Waals surface area contributed by atoms with Crippen molar-refractivity contribution in [2.75, 3.05) is 19.7 Å². The van der Waals surface area contributed by atoms with Gasteiger partial charge < -0.3 is 15.8 Å². The second-order valence-electron chi connectivity index (χ2n) is 5.63. The fourth-order valence-corrected chi connectivity index (χ4v) is 2.76. The van der Waals surface area contributed by atoms with Gasteiger partial charge in [-0.2, -0.15) is 0 Å². The van der Waals surface area contributed by atoms with Crippen LogP contribution in [-0.2, 0) is 11.2 Å². The number of nitrogens with one attached hydrogen (secondary N) is 1. The van der Waals surface area contributed by atoms with Crippen molar-refractivity contribution in [2.45, 2.75) is 44.6 Å². The highest BCUT2D eigenvalue weighted by Crippen LogP contribution is 2.19. The lowest BCUT2D eigenvalue weighted by molar-refractivity contribution is 0.0299. The summed E-state index contributed by atoms with van der Waals surface area (Å²) in [5.74, 6) is -0.0406. The Hall–Kier alpha value is -1.39. The molecule has 1 aromatic carbocycles. The average molecular weight is 290 g/mol. The smallest absolute Gasteiger partial charge is 0.251 e. The van der Waals surface area contributed by atoms with E-state index >= 15 is 0 Å². The Morgan fingerprint density at radius 2 is 2.10 bits per heavy atom. The fourth-order valence-electron chi connectivity index (χ4n) is 2.76. The molecule has 1 fully saturated rings. The minimum Gasteiger partial charge on any atom is -0.376 e. The number of carbonyl (C=O) groups excluding carboxylic acids is 1. The highest BCUT2D eigenvalue weighted by atomic mass is 16.5. The van der Waals surface area contributed by atoms with Gasteiger partial charge in [-0.15, -0.1) is 0 Å². The van der Waals surface area contributed by atoms with Crippen LogP contribution in [0.2, 0.25) is 0 Å². The minimum absolute atomic E-state index is 0.0406. The topological polar surface area (TPSA) is 64.4 Å². The fraction of sp³-hybridized carbons (Fsp3) is 0.588. The van der Waals surface area contributed by atoms with Crippen molar-refractivity contribution < 1.29 is 9.53 Å². The van der Waals surface area contributed by atoms with Crippen molar-refractivity contribution in [3.05, 3.63) is 35.4 Å². The van der Waals surface area contributed by atoms with Crippen LogP contribution in [0, 0.1) is 0 Å². The molecule has 1 aliphatic rings. The Morgan fingerprint density at radius 1 is 1.29 bits per heavy atom. The number of carbonyl (C=O) groups is 1. The predicted molar refractivity (Wildman–Crippen MR) is 84.4 cm³/mol. The molecule has 1 aliphatic carbocycles. The van der Waals surface area contributed by atoms with Crippen LogP contribution in [0.1, 0.15) is 48.0 Å². The number of amides is 1. The summed E-state index contributed by atoms with van der Waals surface area (Å²) in [5.41, 5.74) is 7.33. The third kappa shape index (κ3) is 5.48. The SMILES string of the molecule is NCCc1cccc(C(=O)NCCOC2CCCCC2)c1. The number of nitrogens with two attached hydrogens (primary N) is 1. The van der Waals surface area contributed by atoms with Gasteiger partial charge in [-0.1, -0.05) is 31.4 Å². The zero-order valence-corrected chi connectivity index (χ0v) is 12.6. The van der Waals surface area contributed by atoms with Crippen LogP contribution in [0.25, 0.3) is 0 Å². The van der Waals surface area contributed by atoms with Crippen molar-refractivity contribution in [1.29, 1.82) is 0 Å². The summed E-state index contributed by atoms with van der Waals surface area (Å²) in [6, 6.07) is 7.63. The molecular weight excluding hydrogens is 264 g/mol. The van der Waals surface area contributed by atoms with E-state index in [1.54, 1.807) is 0 Å². The van der Waals surface area contributed by atoms with Crippen LogP contribution in [0.15, 0.2) is 24.3 Å². The number of benzene rings is 1. The van der Waals surface area contributed by atoms with Gasteiger partial charge in [-0.3, -0.25) is 4.79 Å². The molecule has 3 N–H and O–H groups in total. The molecule has 0 heterocycles. The molecule has 2 rings (SSSR count). The average Bonchev–Trinajstić information content (AvgIpc) is 2.53. The minimum atomic E-state index is -0.0406. The lowest BCUT2D eigenvalue weighted by atomic mass is 9.98. The summed E-state index contributed by atoms with van der Waals surface area (Å²) in [4.78, 5) is 12.1. The maximum Gasteiger partial charge on any atom is 0.251 e. The van der Waals surface area contributed by atoms with Gasteiger partial charge in [0.25, 0.3) is 5.91 Å². The lowest BCUT2D eigenvalue weighted by Crippen LogP contribution is -2.29. The van der Waals surface area contributed by atoms with Crippen LogP contribution < -0.4 is 11.1 Å². The molecule has 1 aromatic rings. The molecule has 1 saturated carbocycles. The van der Waals surface area contributed by atoms with Crippen LogP contribution in [0.3, 0.4) is 0 Å². The van der Waals surface area contributed by atoms with Gasteiger partial charge >= 0.3 is 0 Å². The van der Waals surface area contributed by atoms with Crippen LogP contribution in [0.5, 0.6) is 0 Å². The molecule has 0 radical (unpaired) electrons. The summed E-state index contributed by atoms with van der Waals surface area (Å²) in [5, 5.41) is 2.91. The van der Waals surface area contributed by atoms with E-state index in [2.05, 4.69) is 5.32 Å². The van der Waals surface area contributed by atoms with E-state index in [-0.39, 0.29) is 5.91 Å². The molecule has 0 spiro atoms. The zero-order chi connectivity index (χ0) is 14.9. The van der Waals surface area contributed by atoms with E-state index in [0.717, 1.165) is 24.8 Å². The summed E-state index contributed by atoms with van der Waals surface area (Å²) in [7, 11) is 0. The first-order valence-electron chi connectivity index (χ1n) is 7.98. The standard InChI is InChI=1S/C17H26N2O2/c18-10-9-14-5-4-6-15(13-14)17(20)19-11-12-21-16-7-2-1-3-8-16/h4-6,13,16H,1-3,7-12,18H2,(H,19,20). The normalized spacial score (nSPS) is 15.9. The van der Waals surface area contributed by atoms with Gasteiger partial charge in [-0.25, -0.2) is 0 Å². The van der Waals surface area contributed by atoms with Crippen molar-refractivity contribution in [3.8, 4) is 0 Å². The van der Waals surface area contributed by atoms with E-state index in [1.165, 1.54) is 19.3 Å². The van der Waals surface area contributed by atoms with Gasteiger partial charge in [0.05, 0.1) is 12.7 Å². The summed E-state index contributed by atoms with van der Waals surface area (Å²) >= 11 is 0. The predicted octanol–water partition coefficient (Wildman–Crippen LogP) is 2.27. The molecule has 1 amide bonds. The molecule has 0 saturated heterocycles. The molecule has 0 unspecified atom stereocenters. The van der Waals surface area contributed by atoms with Gasteiger partial charge in [0.15, 0.2) is 0 Å². The number of hydrogen-bond donors (Lipinski definition) is 2. The maximum atomic E-state index is 12.1.